The van der Waals surface area contributed by atoms with Crippen LogP contribution in [0.3, 0.4) is 0 Å². The smallest absolute Gasteiger partial charge is 0.272 e. The molecule has 4 nitrogen and oxygen atoms in total. The Morgan fingerprint density at radius 2 is 2.06 bits per heavy atom. The van der Waals surface area contributed by atoms with Crippen molar-refractivity contribution in [1.29, 1.82) is 0 Å². The zero-order valence-corrected chi connectivity index (χ0v) is 10.5. The first-order chi connectivity index (χ1) is 8.58. The Labute approximate surface area is 106 Å². The molecule has 2 rings (SSSR count). The maximum atomic E-state index is 12.7. The normalized spacial score (nSPS) is 23.7. The zero-order chi connectivity index (χ0) is 13.1. The Balaban J connectivity index is 2.02. The number of hydrogen-bond donors (Lipinski definition) is 1. The molecule has 1 aromatic heterocycles. The molecule has 1 fully saturated rings. The minimum atomic E-state index is -0.433. The Hall–Kier alpha value is -1.49. The van der Waals surface area contributed by atoms with Gasteiger partial charge >= 0.3 is 0 Å². The summed E-state index contributed by atoms with van der Waals surface area (Å²) in [6.45, 7) is 0. The average Bonchev–Trinajstić information content (AvgIpc) is 2.39. The highest BCUT2D eigenvalue weighted by atomic mass is 19.1. The van der Waals surface area contributed by atoms with Crippen LogP contribution in [-0.2, 0) is 0 Å². The molecule has 2 N–H and O–H groups in total. The van der Waals surface area contributed by atoms with Crippen molar-refractivity contribution in [2.45, 2.75) is 37.8 Å². The third-order valence-electron chi connectivity index (χ3n) is 3.56. The number of carbonyl (C=O) groups is 1. The highest BCUT2D eigenvalue weighted by Crippen LogP contribution is 2.22. The molecule has 0 unspecified atom stereocenters. The van der Waals surface area contributed by atoms with E-state index in [0.29, 0.717) is 0 Å². The molecule has 0 atom stereocenters. The van der Waals surface area contributed by atoms with Crippen molar-refractivity contribution in [3.8, 4) is 0 Å². The molecular weight excluding hydrogens is 233 g/mol. The lowest BCUT2D eigenvalue weighted by Gasteiger charge is -2.33. The summed E-state index contributed by atoms with van der Waals surface area (Å²) in [4.78, 5) is 17.7. The molecular formula is C13H18FN3O. The number of nitrogens with two attached hydrogens (primary N) is 1. The van der Waals surface area contributed by atoms with Crippen molar-refractivity contribution in [1.82, 2.24) is 9.88 Å². The van der Waals surface area contributed by atoms with E-state index in [-0.39, 0.29) is 23.7 Å². The third-order valence-corrected chi connectivity index (χ3v) is 3.56. The fourth-order valence-corrected chi connectivity index (χ4v) is 2.34. The Morgan fingerprint density at radius 1 is 1.39 bits per heavy atom. The van der Waals surface area contributed by atoms with E-state index in [4.69, 9.17) is 5.73 Å². The lowest BCUT2D eigenvalue weighted by atomic mass is 9.91. The number of carbonyl (C=O) groups excluding carboxylic acids is 1. The van der Waals surface area contributed by atoms with Gasteiger partial charge in [-0.25, -0.2) is 9.37 Å². The van der Waals surface area contributed by atoms with E-state index < -0.39 is 5.82 Å². The Morgan fingerprint density at radius 3 is 2.61 bits per heavy atom. The van der Waals surface area contributed by atoms with E-state index in [1.807, 2.05) is 0 Å². The standard InChI is InChI=1S/C13H18FN3O/c1-17(11-5-3-10(15)4-6-11)13(18)12-7-2-9(14)8-16-12/h2,7-8,10-11H,3-6,15H2,1H3. The molecule has 1 amide bonds. The summed E-state index contributed by atoms with van der Waals surface area (Å²) in [5, 5.41) is 0. The van der Waals surface area contributed by atoms with Crippen molar-refractivity contribution in [2.24, 2.45) is 5.73 Å². The molecule has 98 valence electrons. The van der Waals surface area contributed by atoms with Crippen LogP contribution in [0.15, 0.2) is 18.3 Å². The van der Waals surface area contributed by atoms with Crippen molar-refractivity contribution in [3.63, 3.8) is 0 Å². The highest BCUT2D eigenvalue weighted by Gasteiger charge is 2.26. The summed E-state index contributed by atoms with van der Waals surface area (Å²) in [6.07, 6.45) is 4.80. The number of amides is 1. The lowest BCUT2D eigenvalue weighted by molar-refractivity contribution is 0.0684. The maximum absolute atomic E-state index is 12.7. The number of hydrogen-bond acceptors (Lipinski definition) is 3. The number of halogens is 1. The third kappa shape index (κ3) is 2.85. The van der Waals surface area contributed by atoms with Gasteiger partial charge in [0.15, 0.2) is 0 Å². The average molecular weight is 251 g/mol. The maximum Gasteiger partial charge on any atom is 0.272 e. The van der Waals surface area contributed by atoms with Crippen LogP contribution in [0.2, 0.25) is 0 Å². The van der Waals surface area contributed by atoms with Gasteiger partial charge in [0.1, 0.15) is 11.5 Å². The number of aromatic nitrogens is 1. The first-order valence-corrected chi connectivity index (χ1v) is 6.22. The molecule has 0 spiro atoms. The Bertz CT molecular complexity index is 413. The van der Waals surface area contributed by atoms with Crippen LogP contribution < -0.4 is 5.73 Å². The van der Waals surface area contributed by atoms with E-state index >= 15 is 0 Å². The van der Waals surface area contributed by atoms with E-state index in [9.17, 15) is 9.18 Å². The van der Waals surface area contributed by atoms with Gasteiger partial charge in [0, 0.05) is 19.1 Å². The van der Waals surface area contributed by atoms with Gasteiger partial charge in [-0.15, -0.1) is 0 Å². The van der Waals surface area contributed by atoms with Crippen LogP contribution >= 0.6 is 0 Å². The molecule has 18 heavy (non-hydrogen) atoms. The van der Waals surface area contributed by atoms with Crippen LogP contribution in [-0.4, -0.2) is 34.9 Å². The molecule has 5 heteroatoms. The molecule has 0 aliphatic heterocycles. The van der Waals surface area contributed by atoms with E-state index in [0.717, 1.165) is 31.9 Å². The van der Waals surface area contributed by atoms with Crippen molar-refractivity contribution >= 4 is 5.91 Å². The zero-order valence-electron chi connectivity index (χ0n) is 10.5. The van der Waals surface area contributed by atoms with Crippen LogP contribution in [0.1, 0.15) is 36.2 Å². The SMILES string of the molecule is CN(C(=O)c1ccc(F)cn1)C1CCC(N)CC1. The Kier molecular flexibility index (Phi) is 3.91. The van der Waals surface area contributed by atoms with Gasteiger partial charge in [-0.3, -0.25) is 4.79 Å². The number of rotatable bonds is 2. The van der Waals surface area contributed by atoms with Crippen molar-refractivity contribution in [2.75, 3.05) is 7.05 Å². The fourth-order valence-electron chi connectivity index (χ4n) is 2.34. The molecule has 1 aromatic rings. The minimum absolute atomic E-state index is 0.157. The van der Waals surface area contributed by atoms with Crippen LogP contribution in [0.5, 0.6) is 0 Å². The second-order valence-electron chi connectivity index (χ2n) is 4.85. The summed E-state index contributed by atoms with van der Waals surface area (Å²) in [7, 11) is 1.77. The monoisotopic (exact) mass is 251 g/mol. The van der Waals surface area contributed by atoms with Gasteiger partial charge in [-0.05, 0) is 37.8 Å². The van der Waals surface area contributed by atoms with Gasteiger partial charge in [-0.2, -0.15) is 0 Å². The lowest BCUT2D eigenvalue weighted by Crippen LogP contribution is -2.42. The summed E-state index contributed by atoms with van der Waals surface area (Å²) >= 11 is 0. The van der Waals surface area contributed by atoms with Gasteiger partial charge in [-0.1, -0.05) is 0 Å². The highest BCUT2D eigenvalue weighted by molar-refractivity contribution is 5.92. The van der Waals surface area contributed by atoms with Crippen molar-refractivity contribution in [3.05, 3.63) is 29.8 Å². The summed E-state index contributed by atoms with van der Waals surface area (Å²) < 4.78 is 12.7. The predicted molar refractivity (Wildman–Crippen MR) is 66.5 cm³/mol. The summed E-state index contributed by atoms with van der Waals surface area (Å²) in [5.74, 6) is -0.590. The largest absolute Gasteiger partial charge is 0.337 e. The van der Waals surface area contributed by atoms with E-state index in [1.54, 1.807) is 11.9 Å². The summed E-state index contributed by atoms with van der Waals surface area (Å²) in [5.41, 5.74) is 6.13. The summed E-state index contributed by atoms with van der Waals surface area (Å²) in [6, 6.07) is 3.14. The van der Waals surface area contributed by atoms with Crippen LogP contribution in [0, 0.1) is 5.82 Å². The van der Waals surface area contributed by atoms with Crippen LogP contribution in [0.4, 0.5) is 4.39 Å². The minimum Gasteiger partial charge on any atom is -0.337 e. The second kappa shape index (κ2) is 5.44. The molecule has 1 aliphatic carbocycles. The molecule has 1 aliphatic rings. The number of pyridine rings is 1. The van der Waals surface area contributed by atoms with E-state index in [2.05, 4.69) is 4.98 Å². The fraction of sp³-hybridized carbons (Fsp3) is 0.538. The van der Waals surface area contributed by atoms with Crippen molar-refractivity contribution < 1.29 is 9.18 Å². The first-order valence-electron chi connectivity index (χ1n) is 6.22. The topological polar surface area (TPSA) is 59.2 Å². The van der Waals surface area contributed by atoms with E-state index in [1.165, 1.54) is 12.1 Å². The van der Waals surface area contributed by atoms with Crippen LogP contribution in [0.25, 0.3) is 0 Å². The molecule has 0 bridgehead atoms. The molecule has 0 saturated heterocycles. The molecule has 0 aromatic carbocycles. The van der Waals surface area contributed by atoms with Gasteiger partial charge in [0.05, 0.1) is 6.20 Å². The number of nitrogens with zero attached hydrogens (tertiary/aromatic N) is 2. The van der Waals surface area contributed by atoms with Gasteiger partial charge < -0.3 is 10.6 Å². The quantitative estimate of drug-likeness (QED) is 0.867. The second-order valence-corrected chi connectivity index (χ2v) is 4.85. The predicted octanol–water partition coefficient (Wildman–Crippen LogP) is 1.56. The van der Waals surface area contributed by atoms with Gasteiger partial charge in [0.25, 0.3) is 5.91 Å². The van der Waals surface area contributed by atoms with Gasteiger partial charge in [0.2, 0.25) is 0 Å². The molecule has 0 radical (unpaired) electrons. The molecule has 1 saturated carbocycles. The first kappa shape index (κ1) is 13.0. The molecule has 1 heterocycles.